The van der Waals surface area contributed by atoms with E-state index in [1.54, 1.807) is 18.4 Å². The highest BCUT2D eigenvalue weighted by Gasteiger charge is 2.35. The van der Waals surface area contributed by atoms with E-state index in [1.165, 1.54) is 11.1 Å². The minimum Gasteiger partial charge on any atom is -0.467 e. The maximum absolute atomic E-state index is 12.6. The third-order valence-electron chi connectivity index (χ3n) is 4.25. The molecule has 1 amide bonds. The summed E-state index contributed by atoms with van der Waals surface area (Å²) in [7, 11) is 0. The van der Waals surface area contributed by atoms with Crippen molar-refractivity contribution in [3.05, 3.63) is 71.7 Å². The number of benzene rings is 1. The molecule has 0 aliphatic carbocycles. The molecule has 0 fully saturated rings. The number of furan rings is 1. The highest BCUT2D eigenvalue weighted by molar-refractivity contribution is 6.03. The smallest absolute Gasteiger partial charge is 0.330 e. The Hall–Kier alpha value is -3.15. The van der Waals surface area contributed by atoms with E-state index in [1.807, 2.05) is 44.2 Å². The number of hydrogen-bond donors (Lipinski definition) is 0. The van der Waals surface area contributed by atoms with Gasteiger partial charge in [0.25, 0.3) is 5.91 Å². The van der Waals surface area contributed by atoms with Crippen LogP contribution in [0.5, 0.6) is 0 Å². The van der Waals surface area contributed by atoms with E-state index in [0.717, 1.165) is 23.3 Å². The molecule has 2 heterocycles. The zero-order valence-corrected chi connectivity index (χ0v) is 15.4. The van der Waals surface area contributed by atoms with Crippen molar-refractivity contribution in [1.82, 2.24) is 5.01 Å². The minimum atomic E-state index is -0.540. The zero-order chi connectivity index (χ0) is 19.2. The summed E-state index contributed by atoms with van der Waals surface area (Å²) >= 11 is 0. The Morgan fingerprint density at radius 2 is 2.07 bits per heavy atom. The molecule has 0 N–H and O–H groups in total. The lowest BCUT2D eigenvalue weighted by Gasteiger charge is -2.19. The number of hydrazone groups is 1. The van der Waals surface area contributed by atoms with Crippen LogP contribution >= 0.6 is 0 Å². The Morgan fingerprint density at radius 1 is 1.30 bits per heavy atom. The highest BCUT2D eigenvalue weighted by Crippen LogP contribution is 2.33. The van der Waals surface area contributed by atoms with Crippen LogP contribution in [-0.4, -0.2) is 29.2 Å². The van der Waals surface area contributed by atoms with Gasteiger partial charge in [-0.3, -0.25) is 4.79 Å². The number of esters is 1. The molecule has 6 nitrogen and oxygen atoms in total. The lowest BCUT2D eigenvalue weighted by molar-refractivity contribution is -0.149. The lowest BCUT2D eigenvalue weighted by Crippen LogP contribution is -2.31. The van der Waals surface area contributed by atoms with Crippen LogP contribution in [0.25, 0.3) is 0 Å². The van der Waals surface area contributed by atoms with Gasteiger partial charge in [-0.25, -0.2) is 9.80 Å². The second-order valence-corrected chi connectivity index (χ2v) is 6.30. The summed E-state index contributed by atoms with van der Waals surface area (Å²) in [6.07, 6.45) is 5.83. The molecular formula is C21H22N2O4. The van der Waals surface area contributed by atoms with E-state index in [2.05, 4.69) is 5.10 Å². The summed E-state index contributed by atoms with van der Waals surface area (Å²) in [5, 5.41) is 5.85. The summed E-state index contributed by atoms with van der Waals surface area (Å²) in [4.78, 5) is 24.3. The van der Waals surface area contributed by atoms with Crippen LogP contribution in [0.4, 0.5) is 0 Å². The van der Waals surface area contributed by atoms with Crippen LogP contribution in [0, 0.1) is 6.92 Å². The molecule has 0 saturated carbocycles. The van der Waals surface area contributed by atoms with Gasteiger partial charge in [0.1, 0.15) is 11.8 Å². The maximum Gasteiger partial charge on any atom is 0.330 e. The van der Waals surface area contributed by atoms with Gasteiger partial charge in [0, 0.05) is 12.5 Å². The van der Waals surface area contributed by atoms with Gasteiger partial charge in [0.15, 0.2) is 6.61 Å². The Kier molecular flexibility index (Phi) is 5.86. The van der Waals surface area contributed by atoms with Crippen molar-refractivity contribution in [2.45, 2.75) is 32.7 Å². The van der Waals surface area contributed by atoms with Crippen LogP contribution in [0.2, 0.25) is 0 Å². The van der Waals surface area contributed by atoms with Crippen LogP contribution in [0.3, 0.4) is 0 Å². The topological polar surface area (TPSA) is 72.1 Å². The van der Waals surface area contributed by atoms with Crippen molar-refractivity contribution < 1.29 is 18.7 Å². The van der Waals surface area contributed by atoms with Gasteiger partial charge in [-0.1, -0.05) is 42.8 Å². The first-order valence-electron chi connectivity index (χ1n) is 8.91. The Balaban J connectivity index is 1.77. The number of ether oxygens (including phenoxy) is 1. The third kappa shape index (κ3) is 4.53. The number of hydrogen-bond acceptors (Lipinski definition) is 5. The van der Waals surface area contributed by atoms with Gasteiger partial charge in [-0.2, -0.15) is 5.10 Å². The first kappa shape index (κ1) is 18.6. The van der Waals surface area contributed by atoms with E-state index < -0.39 is 11.9 Å². The van der Waals surface area contributed by atoms with Crippen molar-refractivity contribution >= 4 is 17.6 Å². The molecular weight excluding hydrogens is 344 g/mol. The first-order valence-corrected chi connectivity index (χ1v) is 8.91. The molecule has 6 heteroatoms. The maximum atomic E-state index is 12.6. The number of carbonyl (C=O) groups excluding carboxylic acids is 2. The van der Waals surface area contributed by atoms with Crippen molar-refractivity contribution in [3.8, 4) is 0 Å². The standard InChI is InChI=1S/C21H22N2O4/c1-3-4-7-21(25)27-14-20(24)23-18(19-6-5-12-26-19)13-17(22-23)16-10-8-15(2)9-11-16/h4-12,18H,3,13-14H2,1-2H3/b7-4+/t18-/m1/s1. The van der Waals surface area contributed by atoms with Crippen LogP contribution in [0.1, 0.15) is 42.7 Å². The fourth-order valence-corrected chi connectivity index (χ4v) is 2.82. The largest absolute Gasteiger partial charge is 0.467 e. The van der Waals surface area contributed by atoms with Gasteiger partial charge in [-0.05, 0) is 31.0 Å². The molecule has 27 heavy (non-hydrogen) atoms. The molecule has 1 aliphatic rings. The molecule has 0 saturated heterocycles. The Morgan fingerprint density at radius 3 is 2.74 bits per heavy atom. The molecule has 0 unspecified atom stereocenters. The van der Waals surface area contributed by atoms with E-state index >= 15 is 0 Å². The summed E-state index contributed by atoms with van der Waals surface area (Å²) < 4.78 is 10.5. The molecule has 1 aromatic heterocycles. The molecule has 1 aliphatic heterocycles. The average molecular weight is 366 g/mol. The fraction of sp³-hybridized carbons (Fsp3) is 0.286. The second kappa shape index (κ2) is 8.49. The fourth-order valence-electron chi connectivity index (χ4n) is 2.82. The number of nitrogens with zero attached hydrogens (tertiary/aromatic N) is 2. The normalized spacial score (nSPS) is 16.6. The van der Waals surface area contributed by atoms with Gasteiger partial charge >= 0.3 is 5.97 Å². The minimum absolute atomic E-state index is 0.353. The quantitative estimate of drug-likeness (QED) is 0.576. The van der Waals surface area contributed by atoms with E-state index in [0.29, 0.717) is 12.2 Å². The van der Waals surface area contributed by atoms with Gasteiger partial charge in [0.2, 0.25) is 0 Å². The Labute approximate surface area is 158 Å². The molecule has 0 bridgehead atoms. The number of aryl methyl sites for hydroxylation is 1. The molecule has 0 radical (unpaired) electrons. The van der Waals surface area contributed by atoms with Crippen molar-refractivity contribution in [3.63, 3.8) is 0 Å². The monoisotopic (exact) mass is 366 g/mol. The van der Waals surface area contributed by atoms with E-state index in [-0.39, 0.29) is 12.6 Å². The molecule has 3 rings (SSSR count). The predicted molar refractivity (Wildman–Crippen MR) is 101 cm³/mol. The first-order chi connectivity index (χ1) is 13.1. The van der Waals surface area contributed by atoms with Crippen LogP contribution in [0.15, 0.2) is 64.3 Å². The lowest BCUT2D eigenvalue weighted by atomic mass is 10.0. The zero-order valence-electron chi connectivity index (χ0n) is 15.4. The average Bonchev–Trinajstić information content (AvgIpc) is 3.34. The number of amides is 1. The van der Waals surface area contributed by atoms with Crippen LogP contribution < -0.4 is 0 Å². The summed E-state index contributed by atoms with van der Waals surface area (Å²) in [5.41, 5.74) is 2.90. The molecule has 2 aromatic rings. The molecule has 0 spiro atoms. The third-order valence-corrected chi connectivity index (χ3v) is 4.25. The summed E-state index contributed by atoms with van der Waals surface area (Å²) in [6.45, 7) is 3.56. The summed E-state index contributed by atoms with van der Waals surface area (Å²) in [6, 6.07) is 11.2. The van der Waals surface area contributed by atoms with E-state index in [4.69, 9.17) is 9.15 Å². The highest BCUT2D eigenvalue weighted by atomic mass is 16.5. The van der Waals surface area contributed by atoms with Gasteiger partial charge < -0.3 is 9.15 Å². The van der Waals surface area contributed by atoms with Crippen molar-refractivity contribution in [2.24, 2.45) is 5.10 Å². The number of allylic oxidation sites excluding steroid dienone is 1. The summed E-state index contributed by atoms with van der Waals surface area (Å²) in [5.74, 6) is -0.287. The number of rotatable bonds is 6. The molecule has 1 atom stereocenters. The van der Waals surface area contributed by atoms with E-state index in [9.17, 15) is 9.59 Å². The van der Waals surface area contributed by atoms with Crippen molar-refractivity contribution in [2.75, 3.05) is 6.61 Å². The molecule has 1 aromatic carbocycles. The van der Waals surface area contributed by atoms with Crippen molar-refractivity contribution in [1.29, 1.82) is 0 Å². The van der Waals surface area contributed by atoms with Gasteiger partial charge in [0.05, 0.1) is 12.0 Å². The number of carbonyl (C=O) groups is 2. The SMILES string of the molecule is CC/C=C/C(=O)OCC(=O)N1N=C(c2ccc(C)cc2)C[C@@H]1c1ccco1. The Bertz CT molecular complexity index is 851. The van der Waals surface area contributed by atoms with Gasteiger partial charge in [-0.15, -0.1) is 0 Å². The molecule has 140 valence electrons. The van der Waals surface area contributed by atoms with Crippen LogP contribution in [-0.2, 0) is 14.3 Å². The predicted octanol–water partition coefficient (Wildman–Crippen LogP) is 3.78. The second-order valence-electron chi connectivity index (χ2n) is 6.30.